The smallest absolute Gasteiger partial charge is 0.239 e. The summed E-state index contributed by atoms with van der Waals surface area (Å²) in [6, 6.07) is 7.23. The molecule has 1 amide bonds. The normalized spacial score (nSPS) is 17.4. The van der Waals surface area contributed by atoms with Gasteiger partial charge in [-0.2, -0.15) is 0 Å². The van der Waals surface area contributed by atoms with E-state index in [0.717, 1.165) is 18.4 Å². The Hall–Kier alpha value is -1.06. The lowest BCUT2D eigenvalue weighted by molar-refractivity contribution is -0.120. The number of nitrogens with two attached hydrogens (primary N) is 1. The first-order valence-corrected chi connectivity index (χ1v) is 5.35. The molecule has 0 heterocycles. The van der Waals surface area contributed by atoms with Gasteiger partial charge >= 0.3 is 0 Å². The molecule has 0 aliphatic heterocycles. The van der Waals surface area contributed by atoms with Crippen molar-refractivity contribution in [2.75, 3.05) is 0 Å². The summed E-state index contributed by atoms with van der Waals surface area (Å²) >= 11 is 5.78. The molecule has 80 valence electrons. The quantitative estimate of drug-likeness (QED) is 0.817. The van der Waals surface area contributed by atoms with Crippen LogP contribution in [0.15, 0.2) is 24.3 Å². The van der Waals surface area contributed by atoms with Gasteiger partial charge in [-0.3, -0.25) is 10.1 Å². The standard InChI is InChI=1S/C11H13ClN2O/c12-8-3-1-7(2-4-8)10(11(13)15)14-9-5-6-9/h1-4,9-10,14H,5-6H2,(H2,13,15). The van der Waals surface area contributed by atoms with Gasteiger partial charge in [0.05, 0.1) is 0 Å². The van der Waals surface area contributed by atoms with E-state index in [2.05, 4.69) is 5.32 Å². The minimum atomic E-state index is -0.394. The largest absolute Gasteiger partial charge is 0.368 e. The summed E-state index contributed by atoms with van der Waals surface area (Å²) in [5.74, 6) is -0.343. The van der Waals surface area contributed by atoms with Gasteiger partial charge in [0.15, 0.2) is 0 Å². The predicted octanol–water partition coefficient (Wildman–Crippen LogP) is 1.62. The van der Waals surface area contributed by atoms with Crippen LogP contribution < -0.4 is 11.1 Å². The minimum Gasteiger partial charge on any atom is -0.368 e. The van der Waals surface area contributed by atoms with E-state index in [-0.39, 0.29) is 5.91 Å². The second kappa shape index (κ2) is 4.21. The molecule has 1 aliphatic carbocycles. The monoisotopic (exact) mass is 224 g/mol. The third-order valence-electron chi connectivity index (χ3n) is 2.47. The lowest BCUT2D eigenvalue weighted by Gasteiger charge is -2.15. The Morgan fingerprint density at radius 3 is 2.47 bits per heavy atom. The molecular weight excluding hydrogens is 212 g/mol. The van der Waals surface area contributed by atoms with Crippen molar-refractivity contribution < 1.29 is 4.79 Å². The molecule has 1 fully saturated rings. The number of nitrogens with one attached hydrogen (secondary N) is 1. The molecule has 2 rings (SSSR count). The van der Waals surface area contributed by atoms with Crippen LogP contribution in [0.25, 0.3) is 0 Å². The van der Waals surface area contributed by atoms with Crippen LogP contribution in [-0.2, 0) is 4.79 Å². The molecular formula is C11H13ClN2O. The predicted molar refractivity (Wildman–Crippen MR) is 59.5 cm³/mol. The van der Waals surface area contributed by atoms with Crippen LogP contribution in [0.3, 0.4) is 0 Å². The SMILES string of the molecule is NC(=O)C(NC1CC1)c1ccc(Cl)cc1. The summed E-state index contributed by atoms with van der Waals surface area (Å²) in [6.45, 7) is 0. The fourth-order valence-corrected chi connectivity index (χ4v) is 1.61. The molecule has 0 saturated heterocycles. The van der Waals surface area contributed by atoms with E-state index in [1.807, 2.05) is 12.1 Å². The number of hydrogen-bond acceptors (Lipinski definition) is 2. The van der Waals surface area contributed by atoms with E-state index in [1.54, 1.807) is 12.1 Å². The van der Waals surface area contributed by atoms with Crippen molar-refractivity contribution in [1.82, 2.24) is 5.32 Å². The Morgan fingerprint density at radius 2 is 2.00 bits per heavy atom. The average Bonchev–Trinajstić information content (AvgIpc) is 2.99. The first-order valence-electron chi connectivity index (χ1n) is 4.97. The fourth-order valence-electron chi connectivity index (χ4n) is 1.48. The van der Waals surface area contributed by atoms with E-state index in [4.69, 9.17) is 17.3 Å². The van der Waals surface area contributed by atoms with Crippen LogP contribution >= 0.6 is 11.6 Å². The van der Waals surface area contributed by atoms with Gasteiger partial charge in [0.25, 0.3) is 0 Å². The van der Waals surface area contributed by atoms with Crippen molar-refractivity contribution in [3.8, 4) is 0 Å². The molecule has 0 aromatic heterocycles. The number of hydrogen-bond donors (Lipinski definition) is 2. The van der Waals surface area contributed by atoms with Crippen LogP contribution in [0.2, 0.25) is 5.02 Å². The van der Waals surface area contributed by atoms with Gasteiger partial charge in [-0.15, -0.1) is 0 Å². The molecule has 0 bridgehead atoms. The molecule has 1 atom stereocenters. The maximum Gasteiger partial charge on any atom is 0.239 e. The van der Waals surface area contributed by atoms with Crippen LogP contribution in [0.5, 0.6) is 0 Å². The van der Waals surface area contributed by atoms with Crippen molar-refractivity contribution in [3.63, 3.8) is 0 Å². The summed E-state index contributed by atoms with van der Waals surface area (Å²) in [4.78, 5) is 11.3. The van der Waals surface area contributed by atoms with Crippen molar-refractivity contribution >= 4 is 17.5 Å². The number of amides is 1. The third kappa shape index (κ3) is 2.70. The van der Waals surface area contributed by atoms with Gasteiger partial charge in [-0.1, -0.05) is 23.7 Å². The molecule has 3 nitrogen and oxygen atoms in total. The maximum absolute atomic E-state index is 11.3. The number of carbonyl (C=O) groups is 1. The van der Waals surface area contributed by atoms with Crippen LogP contribution in [0.1, 0.15) is 24.4 Å². The summed E-state index contributed by atoms with van der Waals surface area (Å²) < 4.78 is 0. The molecule has 1 saturated carbocycles. The maximum atomic E-state index is 11.3. The minimum absolute atomic E-state index is 0.343. The zero-order chi connectivity index (χ0) is 10.8. The van der Waals surface area contributed by atoms with E-state index >= 15 is 0 Å². The molecule has 1 aliphatic rings. The number of primary amides is 1. The van der Waals surface area contributed by atoms with Crippen LogP contribution in [0, 0.1) is 0 Å². The highest BCUT2D eigenvalue weighted by molar-refractivity contribution is 6.30. The topological polar surface area (TPSA) is 55.1 Å². The van der Waals surface area contributed by atoms with Crippen molar-refractivity contribution in [1.29, 1.82) is 0 Å². The van der Waals surface area contributed by atoms with Gasteiger partial charge < -0.3 is 5.73 Å². The molecule has 4 heteroatoms. The molecule has 15 heavy (non-hydrogen) atoms. The number of halogens is 1. The van der Waals surface area contributed by atoms with Crippen LogP contribution in [0.4, 0.5) is 0 Å². The highest BCUT2D eigenvalue weighted by Crippen LogP contribution is 2.24. The summed E-state index contributed by atoms with van der Waals surface area (Å²) in [5, 5.41) is 3.87. The van der Waals surface area contributed by atoms with Gasteiger partial charge in [0.2, 0.25) is 5.91 Å². The Kier molecular flexibility index (Phi) is 2.93. The average molecular weight is 225 g/mol. The van der Waals surface area contributed by atoms with Crippen LogP contribution in [-0.4, -0.2) is 11.9 Å². The van der Waals surface area contributed by atoms with E-state index < -0.39 is 6.04 Å². The highest BCUT2D eigenvalue weighted by Gasteiger charge is 2.27. The number of rotatable bonds is 4. The van der Waals surface area contributed by atoms with Gasteiger partial charge in [0, 0.05) is 11.1 Å². The van der Waals surface area contributed by atoms with Gasteiger partial charge in [-0.25, -0.2) is 0 Å². The summed E-state index contributed by atoms with van der Waals surface area (Å²) in [6.07, 6.45) is 2.24. The number of benzene rings is 1. The molecule has 1 aromatic carbocycles. The molecule has 1 unspecified atom stereocenters. The van der Waals surface area contributed by atoms with E-state index in [1.165, 1.54) is 0 Å². The third-order valence-corrected chi connectivity index (χ3v) is 2.72. The second-order valence-electron chi connectivity index (χ2n) is 3.83. The molecule has 0 spiro atoms. The fraction of sp³-hybridized carbons (Fsp3) is 0.364. The second-order valence-corrected chi connectivity index (χ2v) is 4.26. The first-order chi connectivity index (χ1) is 7.16. The molecule has 0 radical (unpaired) electrons. The highest BCUT2D eigenvalue weighted by atomic mass is 35.5. The van der Waals surface area contributed by atoms with Gasteiger partial charge in [-0.05, 0) is 30.5 Å². The Labute approximate surface area is 93.6 Å². The zero-order valence-electron chi connectivity index (χ0n) is 8.24. The lowest BCUT2D eigenvalue weighted by atomic mass is 10.1. The van der Waals surface area contributed by atoms with E-state index in [0.29, 0.717) is 11.1 Å². The van der Waals surface area contributed by atoms with Crippen molar-refractivity contribution in [2.45, 2.75) is 24.9 Å². The number of carbonyl (C=O) groups excluding carboxylic acids is 1. The summed E-state index contributed by atoms with van der Waals surface area (Å²) in [5.41, 5.74) is 6.22. The Balaban J connectivity index is 2.15. The lowest BCUT2D eigenvalue weighted by Crippen LogP contribution is -2.34. The van der Waals surface area contributed by atoms with E-state index in [9.17, 15) is 4.79 Å². The Bertz CT molecular complexity index is 359. The molecule has 1 aromatic rings. The first kappa shape index (κ1) is 10.5. The Morgan fingerprint density at radius 1 is 1.40 bits per heavy atom. The van der Waals surface area contributed by atoms with Gasteiger partial charge in [0.1, 0.15) is 6.04 Å². The molecule has 3 N–H and O–H groups in total. The zero-order valence-corrected chi connectivity index (χ0v) is 9.00. The van der Waals surface area contributed by atoms with Crippen molar-refractivity contribution in [2.24, 2.45) is 5.73 Å². The summed E-state index contributed by atoms with van der Waals surface area (Å²) in [7, 11) is 0. The van der Waals surface area contributed by atoms with Crippen molar-refractivity contribution in [3.05, 3.63) is 34.9 Å².